The average Bonchev–Trinajstić information content (AvgIpc) is 2.84. The van der Waals surface area contributed by atoms with Crippen molar-refractivity contribution in [3.8, 4) is 0 Å². The number of Topliss-reactive ketones (excluding diaryl/α,β-unsaturated/α-hetero) is 1. The first kappa shape index (κ1) is 20.8. The lowest BCUT2D eigenvalue weighted by molar-refractivity contribution is -0.213. The van der Waals surface area contributed by atoms with Crippen LogP contribution in [-0.4, -0.2) is 59.8 Å². The molecule has 2 saturated heterocycles. The van der Waals surface area contributed by atoms with E-state index in [4.69, 9.17) is 29.9 Å². The Morgan fingerprint density at radius 2 is 2.07 bits per heavy atom. The third kappa shape index (κ3) is 3.56. The molecule has 3 aliphatic rings. The van der Waals surface area contributed by atoms with Gasteiger partial charge in [0.1, 0.15) is 11.1 Å². The maximum atomic E-state index is 15.0. The topological polar surface area (TPSA) is 91.4 Å². The highest BCUT2D eigenvalue weighted by Gasteiger charge is 2.68. The van der Waals surface area contributed by atoms with Gasteiger partial charge >= 0.3 is 7.82 Å². The second-order valence-corrected chi connectivity index (χ2v) is 8.47. The molecule has 0 N–H and O–H groups in total. The normalized spacial score (nSPS) is 39.9. The zero-order valence-corrected chi connectivity index (χ0v) is 15.8. The SMILES string of the molecule is CC(C)OP1(=O)OC[C@@]2(C(F)F)O[C@@H](N3C=C(Cl)C(=O)CC3=O)[C@@H](F)[C@@H]2O1. The maximum Gasteiger partial charge on any atom is 0.475 e. The number of carbonyl (C=O) groups is 2. The summed E-state index contributed by atoms with van der Waals surface area (Å²) < 4.78 is 74.9. The van der Waals surface area contributed by atoms with Crippen molar-refractivity contribution >= 4 is 31.1 Å². The molecule has 0 aromatic carbocycles. The van der Waals surface area contributed by atoms with Gasteiger partial charge in [-0.25, -0.2) is 17.7 Å². The summed E-state index contributed by atoms with van der Waals surface area (Å²) in [6, 6.07) is 0. The Morgan fingerprint density at radius 3 is 2.67 bits per heavy atom. The molecule has 0 bridgehead atoms. The summed E-state index contributed by atoms with van der Waals surface area (Å²) in [6.45, 7) is 2.02. The number of alkyl halides is 3. The van der Waals surface area contributed by atoms with Crippen molar-refractivity contribution in [1.29, 1.82) is 0 Å². The molecule has 5 atom stereocenters. The van der Waals surface area contributed by atoms with E-state index >= 15 is 4.39 Å². The highest BCUT2D eigenvalue weighted by Crippen LogP contribution is 2.60. The van der Waals surface area contributed by atoms with Gasteiger partial charge in [-0.1, -0.05) is 11.6 Å². The van der Waals surface area contributed by atoms with Gasteiger partial charge in [0.25, 0.3) is 6.43 Å². The van der Waals surface area contributed by atoms with Gasteiger partial charge in [0.05, 0.1) is 19.1 Å². The Labute approximate surface area is 157 Å². The zero-order valence-electron chi connectivity index (χ0n) is 14.1. The highest BCUT2D eigenvalue weighted by molar-refractivity contribution is 7.48. The Kier molecular flexibility index (Phi) is 5.48. The maximum absolute atomic E-state index is 15.0. The van der Waals surface area contributed by atoms with Crippen LogP contribution in [-0.2, 0) is 32.5 Å². The van der Waals surface area contributed by atoms with Crippen molar-refractivity contribution in [1.82, 2.24) is 4.90 Å². The number of hydrogen-bond acceptors (Lipinski definition) is 7. The smallest absolute Gasteiger partial charge is 0.337 e. The second kappa shape index (κ2) is 7.13. The number of phosphoric ester groups is 1. The Hall–Kier alpha value is -0.970. The summed E-state index contributed by atoms with van der Waals surface area (Å²) in [5, 5.41) is -0.377. The van der Waals surface area contributed by atoms with Gasteiger partial charge in [0.15, 0.2) is 23.8 Å². The van der Waals surface area contributed by atoms with Crippen LogP contribution in [0.1, 0.15) is 20.3 Å². The Bertz CT molecular complexity index is 735. The number of rotatable bonds is 4. The molecule has 0 spiro atoms. The minimum absolute atomic E-state index is 0.377. The number of ketones is 1. The van der Waals surface area contributed by atoms with Crippen LogP contribution >= 0.6 is 19.4 Å². The number of fused-ring (bicyclic) bond motifs is 1. The van der Waals surface area contributed by atoms with E-state index in [1.54, 1.807) is 0 Å². The quantitative estimate of drug-likeness (QED) is 0.497. The van der Waals surface area contributed by atoms with E-state index in [-0.39, 0.29) is 5.03 Å². The van der Waals surface area contributed by atoms with Gasteiger partial charge in [-0.2, -0.15) is 0 Å². The number of phosphoric acid groups is 1. The summed E-state index contributed by atoms with van der Waals surface area (Å²) in [7, 11) is -4.32. The van der Waals surface area contributed by atoms with E-state index in [1.165, 1.54) is 13.8 Å². The van der Waals surface area contributed by atoms with E-state index in [9.17, 15) is 22.9 Å². The second-order valence-electron chi connectivity index (χ2n) is 6.49. The van der Waals surface area contributed by atoms with Crippen molar-refractivity contribution < 1.29 is 45.6 Å². The van der Waals surface area contributed by atoms with Crippen LogP contribution in [0.5, 0.6) is 0 Å². The van der Waals surface area contributed by atoms with Gasteiger partial charge in [0, 0.05) is 6.20 Å². The number of carbonyl (C=O) groups excluding carboxylic acids is 2. The zero-order chi connectivity index (χ0) is 20.1. The lowest BCUT2D eigenvalue weighted by Crippen LogP contribution is -2.55. The van der Waals surface area contributed by atoms with Gasteiger partial charge in [-0.3, -0.25) is 28.1 Å². The summed E-state index contributed by atoms with van der Waals surface area (Å²) in [6.07, 6.45) is -10.0. The fraction of sp³-hybridized carbons (Fsp3) is 0.714. The predicted molar refractivity (Wildman–Crippen MR) is 83.6 cm³/mol. The third-order valence-corrected chi connectivity index (χ3v) is 6.10. The predicted octanol–water partition coefficient (Wildman–Crippen LogP) is 2.51. The molecule has 3 heterocycles. The number of nitrogens with zero attached hydrogens (tertiary/aromatic N) is 1. The minimum Gasteiger partial charge on any atom is -0.337 e. The molecule has 27 heavy (non-hydrogen) atoms. The van der Waals surface area contributed by atoms with Crippen molar-refractivity contribution in [2.75, 3.05) is 6.61 Å². The van der Waals surface area contributed by atoms with Gasteiger partial charge in [-0.05, 0) is 13.8 Å². The Morgan fingerprint density at radius 1 is 1.41 bits per heavy atom. The van der Waals surface area contributed by atoms with E-state index in [2.05, 4.69) is 0 Å². The minimum atomic E-state index is -4.32. The molecule has 13 heteroatoms. The largest absolute Gasteiger partial charge is 0.475 e. The number of halogens is 4. The van der Waals surface area contributed by atoms with E-state index < -0.39 is 69.2 Å². The number of hydrogen-bond donors (Lipinski definition) is 0. The van der Waals surface area contributed by atoms with Crippen LogP contribution in [0.25, 0.3) is 0 Å². The first-order valence-corrected chi connectivity index (χ1v) is 9.76. The van der Waals surface area contributed by atoms with Crippen molar-refractivity contribution in [3.05, 3.63) is 11.2 Å². The molecule has 0 aromatic rings. The molecule has 0 radical (unpaired) electrons. The van der Waals surface area contributed by atoms with Crippen molar-refractivity contribution in [3.63, 3.8) is 0 Å². The molecule has 152 valence electrons. The molecule has 0 aromatic heterocycles. The molecule has 1 unspecified atom stereocenters. The van der Waals surface area contributed by atoms with Gasteiger partial charge in [-0.15, -0.1) is 0 Å². The fourth-order valence-electron chi connectivity index (χ4n) is 2.95. The summed E-state index contributed by atoms with van der Waals surface area (Å²) in [5.74, 6) is -1.58. The van der Waals surface area contributed by atoms with E-state index in [0.717, 1.165) is 6.20 Å². The lowest BCUT2D eigenvalue weighted by atomic mass is 9.97. The molecule has 0 aliphatic carbocycles. The molecular formula is C14H16ClF3NO7P. The van der Waals surface area contributed by atoms with Crippen LogP contribution in [0.4, 0.5) is 13.2 Å². The summed E-state index contributed by atoms with van der Waals surface area (Å²) in [5.41, 5.74) is -2.61. The van der Waals surface area contributed by atoms with Crippen LogP contribution in [0.2, 0.25) is 0 Å². The first-order chi connectivity index (χ1) is 12.5. The van der Waals surface area contributed by atoms with Crippen LogP contribution in [0.3, 0.4) is 0 Å². The third-order valence-electron chi connectivity index (χ3n) is 4.18. The highest BCUT2D eigenvalue weighted by atomic mass is 35.5. The van der Waals surface area contributed by atoms with Crippen LogP contribution in [0.15, 0.2) is 11.2 Å². The molecule has 3 rings (SSSR count). The molecule has 0 saturated carbocycles. The lowest BCUT2D eigenvalue weighted by Gasteiger charge is -2.39. The Balaban J connectivity index is 1.93. The van der Waals surface area contributed by atoms with Crippen molar-refractivity contribution in [2.45, 2.75) is 56.9 Å². The van der Waals surface area contributed by atoms with E-state index in [1.807, 2.05) is 0 Å². The molecule has 1 amide bonds. The van der Waals surface area contributed by atoms with Crippen LogP contribution < -0.4 is 0 Å². The molecule has 3 aliphatic heterocycles. The molecule has 2 fully saturated rings. The van der Waals surface area contributed by atoms with Crippen molar-refractivity contribution in [2.24, 2.45) is 0 Å². The van der Waals surface area contributed by atoms with Gasteiger partial charge in [0.2, 0.25) is 5.91 Å². The monoisotopic (exact) mass is 433 g/mol. The standard InChI is InChI=1S/C14H16ClF3NO7P/c1-6(2)25-27(22)23-5-14(13(17)18)11(26-27)10(16)12(24-14)19-4-7(15)8(20)3-9(19)21/h4,6,10-13H,3,5H2,1-2H3/t10-,11-,12+,14+,27?/m0/s1. The van der Waals surface area contributed by atoms with Crippen LogP contribution in [0, 0.1) is 0 Å². The summed E-state index contributed by atoms with van der Waals surface area (Å²) >= 11 is 5.68. The number of ether oxygens (including phenoxy) is 1. The average molecular weight is 434 g/mol. The summed E-state index contributed by atoms with van der Waals surface area (Å²) in [4.78, 5) is 24.1. The molecular weight excluding hydrogens is 418 g/mol. The fourth-order valence-corrected chi connectivity index (χ4v) is 4.74. The van der Waals surface area contributed by atoms with Gasteiger partial charge < -0.3 is 4.74 Å². The molecule has 8 nitrogen and oxygen atoms in total. The first-order valence-electron chi connectivity index (χ1n) is 7.92. The van der Waals surface area contributed by atoms with E-state index in [0.29, 0.717) is 4.90 Å². The number of allylic oxidation sites excluding steroid dienone is 1. The number of amides is 1.